The van der Waals surface area contributed by atoms with Crippen molar-refractivity contribution < 1.29 is 27.1 Å². The molecule has 0 fully saturated rings. The highest BCUT2D eigenvalue weighted by molar-refractivity contribution is 5.70. The largest absolute Gasteiger partial charge is 0.493 e. The minimum absolute atomic E-state index is 0.282. The van der Waals surface area contributed by atoms with Gasteiger partial charge in [-0.1, -0.05) is 0 Å². The number of hydrogen-bond acceptors (Lipinski definition) is 4. The zero-order valence-electron chi connectivity index (χ0n) is 10.2. The average Bonchev–Trinajstić information content (AvgIpc) is 2.95. The Hall–Kier alpha value is -2.98. The van der Waals surface area contributed by atoms with E-state index in [0.717, 1.165) is 6.33 Å². The number of hydrogen-bond donors (Lipinski definition) is 2. The highest BCUT2D eigenvalue weighted by Crippen LogP contribution is 2.33. The third-order valence-corrected chi connectivity index (χ3v) is 2.88. The summed E-state index contributed by atoms with van der Waals surface area (Å²) >= 11 is 0. The first-order valence-electron chi connectivity index (χ1n) is 5.51. The van der Waals surface area contributed by atoms with Gasteiger partial charge in [-0.25, -0.2) is 22.0 Å². The molecule has 0 spiro atoms. The van der Waals surface area contributed by atoms with Gasteiger partial charge in [0.1, 0.15) is 11.9 Å². The molecule has 3 rings (SSSR count). The van der Waals surface area contributed by atoms with Gasteiger partial charge in [0.05, 0.1) is 5.56 Å². The molecule has 2 N–H and O–H groups in total. The molecule has 0 saturated carbocycles. The van der Waals surface area contributed by atoms with Crippen LogP contribution in [0.2, 0.25) is 0 Å². The molecule has 0 atom stereocenters. The number of nitrogens with zero attached hydrogens (tertiary/aromatic N) is 3. The first-order chi connectivity index (χ1) is 10.3. The molecule has 0 bridgehead atoms. The van der Waals surface area contributed by atoms with Crippen molar-refractivity contribution in [3.8, 4) is 17.0 Å². The van der Waals surface area contributed by atoms with Gasteiger partial charge in [-0.2, -0.15) is 14.6 Å². The van der Waals surface area contributed by atoms with E-state index in [0.29, 0.717) is 4.52 Å². The van der Waals surface area contributed by atoms with Gasteiger partial charge in [0.15, 0.2) is 23.3 Å². The zero-order chi connectivity index (χ0) is 16.2. The molecule has 22 heavy (non-hydrogen) atoms. The van der Waals surface area contributed by atoms with Crippen molar-refractivity contribution in [2.24, 2.45) is 0 Å². The average molecular weight is 318 g/mol. The fourth-order valence-corrected chi connectivity index (χ4v) is 1.90. The predicted octanol–water partition coefficient (Wildman–Crippen LogP) is 1.49. The topological polar surface area (TPSA) is 83.3 Å². The molecule has 1 aromatic carbocycles. The summed E-state index contributed by atoms with van der Waals surface area (Å²) in [7, 11) is 0. The number of nitrogens with one attached hydrogen (secondary N) is 1. The third-order valence-electron chi connectivity index (χ3n) is 2.88. The highest BCUT2D eigenvalue weighted by atomic mass is 19.2. The van der Waals surface area contributed by atoms with Crippen molar-refractivity contribution in [2.45, 2.75) is 0 Å². The number of H-pyrrole nitrogens is 1. The molecule has 0 saturated heterocycles. The molecule has 11 heteroatoms. The molecule has 3 aromatic rings. The molecule has 2 aromatic heterocycles. The van der Waals surface area contributed by atoms with Crippen molar-refractivity contribution in [1.82, 2.24) is 19.6 Å². The Morgan fingerprint density at radius 1 is 0.955 bits per heavy atom. The smallest absolute Gasteiger partial charge is 0.264 e. The Morgan fingerprint density at radius 3 is 2.09 bits per heavy atom. The van der Waals surface area contributed by atoms with E-state index in [2.05, 4.69) is 10.1 Å². The fraction of sp³-hybridized carbons (Fsp3) is 0. The van der Waals surface area contributed by atoms with Crippen molar-refractivity contribution in [3.05, 3.63) is 45.8 Å². The molecule has 0 aliphatic carbocycles. The molecule has 2 heterocycles. The lowest BCUT2D eigenvalue weighted by Crippen LogP contribution is -2.16. The van der Waals surface area contributed by atoms with Crippen LogP contribution >= 0.6 is 0 Å². The van der Waals surface area contributed by atoms with E-state index in [1.807, 2.05) is 4.98 Å². The molecule has 0 aliphatic heterocycles. The Labute approximate surface area is 116 Å². The highest BCUT2D eigenvalue weighted by Gasteiger charge is 2.30. The van der Waals surface area contributed by atoms with Gasteiger partial charge in [-0.15, -0.1) is 0 Å². The lowest BCUT2D eigenvalue weighted by atomic mass is 10.1. The van der Waals surface area contributed by atoms with E-state index < -0.39 is 51.7 Å². The molecule has 0 radical (unpaired) electrons. The van der Waals surface area contributed by atoms with Gasteiger partial charge < -0.3 is 5.11 Å². The zero-order valence-corrected chi connectivity index (χ0v) is 10.2. The fourth-order valence-electron chi connectivity index (χ4n) is 1.90. The van der Waals surface area contributed by atoms with Crippen LogP contribution in [0.4, 0.5) is 22.0 Å². The van der Waals surface area contributed by atoms with Crippen LogP contribution < -0.4 is 5.56 Å². The molecule has 6 nitrogen and oxygen atoms in total. The number of halogens is 5. The molecular formula is C11H3F5N4O2. The minimum Gasteiger partial charge on any atom is -0.493 e. The molecule has 0 unspecified atom stereocenters. The van der Waals surface area contributed by atoms with Gasteiger partial charge >= 0.3 is 0 Å². The van der Waals surface area contributed by atoms with E-state index in [-0.39, 0.29) is 5.78 Å². The van der Waals surface area contributed by atoms with E-state index in [9.17, 15) is 31.9 Å². The maximum atomic E-state index is 13.7. The summed E-state index contributed by atoms with van der Waals surface area (Å²) in [6.45, 7) is 0. The monoisotopic (exact) mass is 318 g/mol. The van der Waals surface area contributed by atoms with Gasteiger partial charge in [0.25, 0.3) is 5.56 Å². The quantitative estimate of drug-likeness (QED) is 0.404. The van der Waals surface area contributed by atoms with Gasteiger partial charge in [0.2, 0.25) is 17.5 Å². The van der Waals surface area contributed by atoms with Crippen LogP contribution in [0.5, 0.6) is 5.88 Å². The summed E-state index contributed by atoms with van der Waals surface area (Å²) in [5.74, 6) is -12.8. The Morgan fingerprint density at radius 2 is 1.50 bits per heavy atom. The summed E-state index contributed by atoms with van der Waals surface area (Å²) < 4.78 is 67.5. The van der Waals surface area contributed by atoms with Crippen LogP contribution in [0, 0.1) is 29.1 Å². The summed E-state index contributed by atoms with van der Waals surface area (Å²) in [6, 6.07) is 0. The molecule has 0 aliphatic rings. The van der Waals surface area contributed by atoms with Crippen LogP contribution in [0.3, 0.4) is 0 Å². The van der Waals surface area contributed by atoms with Gasteiger partial charge in [0, 0.05) is 0 Å². The summed E-state index contributed by atoms with van der Waals surface area (Å²) in [5, 5.41) is 13.3. The number of benzene rings is 1. The van der Waals surface area contributed by atoms with Crippen molar-refractivity contribution in [3.63, 3.8) is 0 Å². The van der Waals surface area contributed by atoms with Crippen molar-refractivity contribution in [2.75, 3.05) is 0 Å². The standard InChI is InChI=1S/C11H3F5N4O2/c12-4-2(5(13)7(15)8(16)6(4)14)3-9(21)19-11-17-1-18-20(11)10(3)22/h1,22H,(H,17,18,19,21). The second-order valence-electron chi connectivity index (χ2n) is 4.09. The number of aromatic hydroxyl groups is 1. The number of fused-ring (bicyclic) bond motifs is 1. The second-order valence-corrected chi connectivity index (χ2v) is 4.09. The Kier molecular flexibility index (Phi) is 2.87. The molecule has 114 valence electrons. The maximum Gasteiger partial charge on any atom is 0.264 e. The number of aromatic nitrogens is 4. The van der Waals surface area contributed by atoms with Crippen LogP contribution in [0.25, 0.3) is 16.9 Å². The van der Waals surface area contributed by atoms with Crippen molar-refractivity contribution >= 4 is 5.78 Å². The summed E-state index contributed by atoms with van der Waals surface area (Å²) in [6.07, 6.45) is 0.896. The van der Waals surface area contributed by atoms with E-state index >= 15 is 0 Å². The van der Waals surface area contributed by atoms with E-state index in [1.165, 1.54) is 0 Å². The normalized spacial score (nSPS) is 11.3. The first-order valence-corrected chi connectivity index (χ1v) is 5.51. The minimum atomic E-state index is -2.38. The lowest BCUT2D eigenvalue weighted by Gasteiger charge is -2.09. The molecular weight excluding hydrogens is 315 g/mol. The van der Waals surface area contributed by atoms with Crippen LogP contribution in [-0.2, 0) is 0 Å². The summed E-state index contributed by atoms with van der Waals surface area (Å²) in [4.78, 5) is 17.3. The number of aromatic amines is 1. The Bertz CT molecular complexity index is 952. The van der Waals surface area contributed by atoms with Crippen LogP contribution in [0.1, 0.15) is 0 Å². The van der Waals surface area contributed by atoms with Gasteiger partial charge in [-0.05, 0) is 0 Å². The molecule has 0 amide bonds. The maximum absolute atomic E-state index is 13.7. The second kappa shape index (κ2) is 4.51. The van der Waals surface area contributed by atoms with E-state index in [4.69, 9.17) is 0 Å². The lowest BCUT2D eigenvalue weighted by molar-refractivity contribution is 0.379. The van der Waals surface area contributed by atoms with Crippen molar-refractivity contribution in [1.29, 1.82) is 0 Å². The third kappa shape index (κ3) is 1.68. The Balaban J connectivity index is 2.50. The van der Waals surface area contributed by atoms with Crippen LogP contribution in [-0.4, -0.2) is 24.7 Å². The van der Waals surface area contributed by atoms with Crippen LogP contribution in [0.15, 0.2) is 11.1 Å². The SMILES string of the molecule is O=c1[nH]c2ncnn2c(O)c1-c1c(F)c(F)c(F)c(F)c1F. The number of rotatable bonds is 1. The predicted molar refractivity (Wildman–Crippen MR) is 60.5 cm³/mol. The first kappa shape index (κ1) is 14.0. The summed E-state index contributed by atoms with van der Waals surface area (Å²) in [5.41, 5.74) is -4.03. The van der Waals surface area contributed by atoms with Gasteiger partial charge in [-0.3, -0.25) is 9.78 Å². The van der Waals surface area contributed by atoms with E-state index in [1.54, 1.807) is 0 Å².